The molecule has 4 heterocycles. The number of benzene rings is 1. The first-order valence-electron chi connectivity index (χ1n) is 13.4. The van der Waals surface area contributed by atoms with Gasteiger partial charge in [0.15, 0.2) is 5.60 Å². The minimum absolute atomic E-state index is 0.106. The minimum Gasteiger partial charge on any atom is -0.458 e. The molecule has 36 heavy (non-hydrogen) atoms. The Bertz CT molecular complexity index is 1400. The Kier molecular flexibility index (Phi) is 6.41. The van der Waals surface area contributed by atoms with E-state index in [1.54, 1.807) is 11.5 Å². The second-order valence-electron chi connectivity index (χ2n) is 10.5. The van der Waals surface area contributed by atoms with E-state index in [4.69, 9.17) is 9.72 Å². The lowest BCUT2D eigenvalue weighted by molar-refractivity contribution is -0.172. The molecule has 0 spiro atoms. The lowest BCUT2D eigenvalue weighted by Crippen LogP contribution is -2.47. The zero-order valence-corrected chi connectivity index (χ0v) is 22.8. The highest BCUT2D eigenvalue weighted by Gasteiger charge is 2.45. The number of rotatable bonds is 8. The predicted molar refractivity (Wildman–Crippen MR) is 145 cm³/mol. The Morgan fingerprint density at radius 1 is 1.06 bits per heavy atom. The number of para-hydroxylation sites is 1. The van der Waals surface area contributed by atoms with Crippen LogP contribution >= 0.6 is 0 Å². The molecule has 0 saturated carbocycles. The summed E-state index contributed by atoms with van der Waals surface area (Å²) in [6.45, 7) is 8.92. The molecule has 1 N–H and O–H groups in total. The molecule has 190 valence electrons. The molecule has 0 bridgehead atoms. The van der Waals surface area contributed by atoms with Crippen molar-refractivity contribution in [3.8, 4) is 11.4 Å². The van der Waals surface area contributed by atoms with Gasteiger partial charge in [0.25, 0.3) is 5.56 Å². The van der Waals surface area contributed by atoms with Gasteiger partial charge >= 0.3 is 5.97 Å². The highest BCUT2D eigenvalue weighted by atomic mass is 28.3. The van der Waals surface area contributed by atoms with Crippen LogP contribution in [0.3, 0.4) is 0 Å². The van der Waals surface area contributed by atoms with E-state index < -0.39 is 19.6 Å². The van der Waals surface area contributed by atoms with E-state index in [-0.39, 0.29) is 18.6 Å². The van der Waals surface area contributed by atoms with Crippen LogP contribution in [-0.2, 0) is 28.3 Å². The lowest BCUT2D eigenvalue weighted by atomic mass is 9.86. The summed E-state index contributed by atoms with van der Waals surface area (Å²) >= 11 is 0. The molecule has 0 unspecified atom stereocenters. The van der Waals surface area contributed by atoms with E-state index in [1.807, 2.05) is 6.07 Å². The van der Waals surface area contributed by atoms with Crippen molar-refractivity contribution in [2.45, 2.75) is 90.3 Å². The second kappa shape index (κ2) is 9.27. The SMILES string of the molecule is CCC[Si](CCC)(CCC)c1cccc2cc3c(nc12)-c1cc2c(c(=O)n1C3)COC(=O)[C@]2(O)CC. The standard InChI is InChI=1S/C29H36N2O4Si/c1-5-12-36(13-6-2,14-7-3)24-11-9-10-19-15-20-17-31-23(25(20)30-26(19)24)16-22-21(27(31)32)18-35-28(33)29(22,34)8-4/h9-11,15-16,34H,5-8,12-14,17-18H2,1-4H3/t29-/m0/s1. The van der Waals surface area contributed by atoms with Crippen LogP contribution in [-0.4, -0.2) is 28.7 Å². The van der Waals surface area contributed by atoms with Crippen molar-refractivity contribution in [2.24, 2.45) is 0 Å². The van der Waals surface area contributed by atoms with Crippen molar-refractivity contribution < 1.29 is 14.6 Å². The fourth-order valence-corrected chi connectivity index (χ4v) is 12.2. The van der Waals surface area contributed by atoms with Crippen molar-refractivity contribution in [2.75, 3.05) is 0 Å². The van der Waals surface area contributed by atoms with Crippen molar-refractivity contribution >= 4 is 30.1 Å². The molecule has 0 radical (unpaired) electrons. The molecule has 5 rings (SSSR count). The van der Waals surface area contributed by atoms with Crippen molar-refractivity contribution in [3.63, 3.8) is 0 Å². The molecule has 7 heteroatoms. The van der Waals surface area contributed by atoms with Gasteiger partial charge in [0.05, 0.1) is 37.1 Å². The zero-order chi connectivity index (χ0) is 25.7. The molecule has 1 aromatic carbocycles. The first kappa shape index (κ1) is 24.9. The van der Waals surface area contributed by atoms with Gasteiger partial charge in [-0.2, -0.15) is 0 Å². The fraction of sp³-hybridized carbons (Fsp3) is 0.483. The molecule has 1 atom stereocenters. The summed E-state index contributed by atoms with van der Waals surface area (Å²) in [5.41, 5.74) is 2.24. The first-order chi connectivity index (χ1) is 17.3. The fourth-order valence-electron chi connectivity index (χ4n) is 6.65. The number of hydrogen-bond acceptors (Lipinski definition) is 5. The van der Waals surface area contributed by atoms with E-state index in [2.05, 4.69) is 45.0 Å². The number of nitrogens with zero attached hydrogens (tertiary/aromatic N) is 2. The number of aliphatic hydroxyl groups is 1. The van der Waals surface area contributed by atoms with Crippen LogP contribution in [0.15, 0.2) is 35.1 Å². The van der Waals surface area contributed by atoms with Crippen molar-refractivity contribution in [1.82, 2.24) is 9.55 Å². The van der Waals surface area contributed by atoms with Crippen LogP contribution in [0, 0.1) is 0 Å². The Morgan fingerprint density at radius 3 is 2.39 bits per heavy atom. The monoisotopic (exact) mass is 504 g/mol. The van der Waals surface area contributed by atoms with Crippen LogP contribution in [0.5, 0.6) is 0 Å². The van der Waals surface area contributed by atoms with Crippen LogP contribution in [0.4, 0.5) is 0 Å². The summed E-state index contributed by atoms with van der Waals surface area (Å²) < 4.78 is 6.92. The Balaban J connectivity index is 1.76. The summed E-state index contributed by atoms with van der Waals surface area (Å²) in [4.78, 5) is 31.3. The number of hydrogen-bond donors (Lipinski definition) is 1. The van der Waals surface area contributed by atoms with Gasteiger partial charge in [-0.3, -0.25) is 4.79 Å². The first-order valence-corrected chi connectivity index (χ1v) is 16.1. The van der Waals surface area contributed by atoms with Gasteiger partial charge < -0.3 is 14.4 Å². The topological polar surface area (TPSA) is 81.4 Å². The van der Waals surface area contributed by atoms with Crippen LogP contribution in [0.25, 0.3) is 22.3 Å². The smallest absolute Gasteiger partial charge is 0.343 e. The molecule has 0 amide bonds. The number of carbonyl (C=O) groups excluding carboxylic acids is 1. The number of esters is 1. The lowest BCUT2D eigenvalue weighted by Gasteiger charge is -2.33. The van der Waals surface area contributed by atoms with Crippen LogP contribution in [0.1, 0.15) is 70.1 Å². The molecule has 0 saturated heterocycles. The van der Waals surface area contributed by atoms with Gasteiger partial charge in [-0.05, 0) is 23.7 Å². The maximum absolute atomic E-state index is 13.5. The molecule has 2 aromatic heterocycles. The summed E-state index contributed by atoms with van der Waals surface area (Å²) in [5, 5.41) is 13.7. The molecule has 2 aliphatic heterocycles. The predicted octanol–water partition coefficient (Wildman–Crippen LogP) is 4.97. The highest BCUT2D eigenvalue weighted by molar-refractivity contribution is 6.93. The van der Waals surface area contributed by atoms with Crippen LogP contribution < -0.4 is 10.7 Å². The number of aromatic nitrogens is 2. The maximum Gasteiger partial charge on any atom is 0.343 e. The molecule has 6 nitrogen and oxygen atoms in total. The summed E-state index contributed by atoms with van der Waals surface area (Å²) in [6.07, 6.45) is 3.65. The van der Waals surface area contributed by atoms with Gasteiger partial charge in [0.1, 0.15) is 6.61 Å². The molecule has 0 fully saturated rings. The molecule has 0 aliphatic carbocycles. The number of cyclic esters (lactones) is 1. The number of carbonyl (C=O) groups is 1. The third-order valence-electron chi connectivity index (χ3n) is 8.30. The number of ether oxygens (including phenoxy) is 1. The van der Waals surface area contributed by atoms with Gasteiger partial charge in [0, 0.05) is 16.5 Å². The Morgan fingerprint density at radius 2 is 1.75 bits per heavy atom. The van der Waals surface area contributed by atoms with Crippen molar-refractivity contribution in [1.29, 1.82) is 0 Å². The summed E-state index contributed by atoms with van der Waals surface area (Å²) in [7, 11) is -1.76. The highest BCUT2D eigenvalue weighted by Crippen LogP contribution is 2.39. The maximum atomic E-state index is 13.5. The van der Waals surface area contributed by atoms with Gasteiger partial charge in [-0.15, -0.1) is 0 Å². The summed E-state index contributed by atoms with van der Waals surface area (Å²) in [5.74, 6) is -0.691. The number of fused-ring (bicyclic) bond motifs is 5. The van der Waals surface area contributed by atoms with E-state index in [1.165, 1.54) is 42.6 Å². The number of pyridine rings is 2. The van der Waals surface area contributed by atoms with E-state index in [0.29, 0.717) is 23.4 Å². The summed E-state index contributed by atoms with van der Waals surface area (Å²) in [6, 6.07) is 14.4. The average molecular weight is 505 g/mol. The normalized spacial score (nSPS) is 18.6. The van der Waals surface area contributed by atoms with Gasteiger partial charge in [-0.25, -0.2) is 9.78 Å². The van der Waals surface area contributed by atoms with Crippen molar-refractivity contribution in [3.05, 3.63) is 57.4 Å². The minimum atomic E-state index is -1.81. The largest absolute Gasteiger partial charge is 0.458 e. The second-order valence-corrected chi connectivity index (χ2v) is 15.1. The van der Waals surface area contributed by atoms with Gasteiger partial charge in [0.2, 0.25) is 0 Å². The molecule has 3 aromatic rings. The average Bonchev–Trinajstić information content (AvgIpc) is 3.23. The Labute approximate surface area is 213 Å². The van der Waals surface area contributed by atoms with Gasteiger partial charge in [-0.1, -0.05) is 83.3 Å². The van der Waals surface area contributed by atoms with E-state index in [0.717, 1.165) is 22.2 Å². The quantitative estimate of drug-likeness (QED) is 0.271. The van der Waals surface area contributed by atoms with Crippen LogP contribution in [0.2, 0.25) is 18.1 Å². The molecular weight excluding hydrogens is 468 g/mol. The van der Waals surface area contributed by atoms with E-state index in [9.17, 15) is 14.7 Å². The molecule has 2 aliphatic rings. The Hall–Kier alpha value is -2.77. The molecular formula is C29H36N2O4Si. The third kappa shape index (κ3) is 3.58. The third-order valence-corrected chi connectivity index (χ3v) is 14.2. The van der Waals surface area contributed by atoms with E-state index >= 15 is 0 Å². The zero-order valence-electron chi connectivity index (χ0n) is 21.8.